The Bertz CT molecular complexity index is 387. The number of benzene rings is 1. The van der Waals surface area contributed by atoms with Crippen LogP contribution in [-0.2, 0) is 5.75 Å². The molecular weight excluding hydrogens is 223 g/mol. The topological polar surface area (TPSA) is 49.8 Å². The van der Waals surface area contributed by atoms with E-state index in [4.69, 9.17) is 11.0 Å². The molecule has 0 aliphatic carbocycles. The SMILES string of the molecule is CCC(N)CSCc1ccc(F)cc1C#N. The van der Waals surface area contributed by atoms with Crippen molar-refractivity contribution in [3.05, 3.63) is 35.1 Å². The minimum Gasteiger partial charge on any atom is -0.327 e. The Labute approximate surface area is 99.6 Å². The number of nitrogens with two attached hydrogens (primary N) is 1. The van der Waals surface area contributed by atoms with Crippen LogP contribution in [0.5, 0.6) is 0 Å². The molecule has 2 N–H and O–H groups in total. The van der Waals surface area contributed by atoms with Gasteiger partial charge in [-0.2, -0.15) is 17.0 Å². The van der Waals surface area contributed by atoms with Gasteiger partial charge in [-0.3, -0.25) is 0 Å². The van der Waals surface area contributed by atoms with Crippen molar-refractivity contribution in [2.75, 3.05) is 5.75 Å². The van der Waals surface area contributed by atoms with Crippen molar-refractivity contribution < 1.29 is 4.39 Å². The Hall–Kier alpha value is -1.05. The normalized spacial score (nSPS) is 12.1. The van der Waals surface area contributed by atoms with Gasteiger partial charge in [0, 0.05) is 17.5 Å². The summed E-state index contributed by atoms with van der Waals surface area (Å²) in [6, 6.07) is 6.52. The van der Waals surface area contributed by atoms with Gasteiger partial charge < -0.3 is 5.73 Å². The first kappa shape index (κ1) is 13.0. The molecule has 0 radical (unpaired) electrons. The van der Waals surface area contributed by atoms with Crippen LogP contribution in [-0.4, -0.2) is 11.8 Å². The van der Waals surface area contributed by atoms with Crippen LogP contribution in [0.15, 0.2) is 18.2 Å². The maximum atomic E-state index is 12.9. The van der Waals surface area contributed by atoms with E-state index < -0.39 is 0 Å². The Morgan fingerprint density at radius 2 is 2.31 bits per heavy atom. The zero-order chi connectivity index (χ0) is 12.0. The molecule has 1 atom stereocenters. The van der Waals surface area contributed by atoms with E-state index in [0.717, 1.165) is 17.7 Å². The van der Waals surface area contributed by atoms with Crippen LogP contribution in [0.3, 0.4) is 0 Å². The van der Waals surface area contributed by atoms with Crippen molar-refractivity contribution in [2.45, 2.75) is 25.1 Å². The van der Waals surface area contributed by atoms with Gasteiger partial charge in [-0.15, -0.1) is 0 Å². The van der Waals surface area contributed by atoms with Gasteiger partial charge in [-0.1, -0.05) is 13.0 Å². The lowest BCUT2D eigenvalue weighted by Crippen LogP contribution is -2.21. The number of hydrogen-bond donors (Lipinski definition) is 1. The third-order valence-corrected chi connectivity index (χ3v) is 3.49. The van der Waals surface area contributed by atoms with E-state index in [1.165, 1.54) is 12.1 Å². The minimum atomic E-state index is -0.365. The predicted molar refractivity (Wildman–Crippen MR) is 65.5 cm³/mol. The predicted octanol–water partition coefficient (Wildman–Crippen LogP) is 2.67. The van der Waals surface area contributed by atoms with E-state index in [0.29, 0.717) is 11.3 Å². The Kier molecular flexibility index (Phi) is 5.30. The lowest BCUT2D eigenvalue weighted by atomic mass is 10.1. The number of rotatable bonds is 5. The standard InChI is InChI=1S/C12H15FN2S/c1-2-12(15)8-16-7-9-3-4-11(13)5-10(9)6-14/h3-5,12H,2,7-8,15H2,1H3. The van der Waals surface area contributed by atoms with Gasteiger partial charge in [-0.05, 0) is 24.1 Å². The van der Waals surface area contributed by atoms with E-state index in [-0.39, 0.29) is 11.9 Å². The van der Waals surface area contributed by atoms with Gasteiger partial charge in [0.15, 0.2) is 0 Å². The molecule has 0 fully saturated rings. The molecule has 0 aromatic heterocycles. The Morgan fingerprint density at radius 1 is 1.56 bits per heavy atom. The van der Waals surface area contributed by atoms with Gasteiger partial charge in [0.2, 0.25) is 0 Å². The average molecular weight is 238 g/mol. The highest BCUT2D eigenvalue weighted by atomic mass is 32.2. The lowest BCUT2D eigenvalue weighted by molar-refractivity contribution is 0.627. The van der Waals surface area contributed by atoms with Crippen molar-refractivity contribution in [3.8, 4) is 6.07 Å². The molecule has 0 saturated heterocycles. The van der Waals surface area contributed by atoms with Gasteiger partial charge in [0.25, 0.3) is 0 Å². The molecule has 0 amide bonds. The van der Waals surface area contributed by atoms with Gasteiger partial charge in [0.05, 0.1) is 11.6 Å². The maximum Gasteiger partial charge on any atom is 0.124 e. The van der Waals surface area contributed by atoms with Crippen molar-refractivity contribution in [1.82, 2.24) is 0 Å². The van der Waals surface area contributed by atoms with Crippen molar-refractivity contribution >= 4 is 11.8 Å². The van der Waals surface area contributed by atoms with Crippen LogP contribution in [0, 0.1) is 17.1 Å². The first-order chi connectivity index (χ1) is 7.67. The van der Waals surface area contributed by atoms with Crippen molar-refractivity contribution in [2.24, 2.45) is 5.73 Å². The van der Waals surface area contributed by atoms with Crippen LogP contribution < -0.4 is 5.73 Å². The molecule has 0 heterocycles. The second-order valence-corrected chi connectivity index (χ2v) is 4.63. The average Bonchev–Trinajstić information content (AvgIpc) is 2.30. The number of hydrogen-bond acceptors (Lipinski definition) is 3. The highest BCUT2D eigenvalue weighted by Gasteiger charge is 2.05. The van der Waals surface area contributed by atoms with E-state index in [1.807, 2.05) is 13.0 Å². The molecule has 0 saturated carbocycles. The number of nitriles is 1. The summed E-state index contributed by atoms with van der Waals surface area (Å²) in [5.41, 5.74) is 7.07. The summed E-state index contributed by atoms with van der Waals surface area (Å²) < 4.78 is 12.9. The molecule has 2 nitrogen and oxygen atoms in total. The van der Waals surface area contributed by atoms with Crippen LogP contribution >= 0.6 is 11.8 Å². The molecule has 1 rings (SSSR count). The summed E-state index contributed by atoms with van der Waals surface area (Å²) in [4.78, 5) is 0. The van der Waals surface area contributed by atoms with Gasteiger partial charge >= 0.3 is 0 Å². The van der Waals surface area contributed by atoms with E-state index in [9.17, 15) is 4.39 Å². The summed E-state index contributed by atoms with van der Waals surface area (Å²) in [5, 5.41) is 8.85. The molecule has 1 aromatic carbocycles. The molecule has 0 aliphatic heterocycles. The molecule has 16 heavy (non-hydrogen) atoms. The summed E-state index contributed by atoms with van der Waals surface area (Å²) in [6.45, 7) is 2.05. The fourth-order valence-corrected chi connectivity index (χ4v) is 2.34. The summed E-state index contributed by atoms with van der Waals surface area (Å²) in [5.74, 6) is 1.20. The second-order valence-electron chi connectivity index (χ2n) is 3.60. The zero-order valence-electron chi connectivity index (χ0n) is 9.24. The Balaban J connectivity index is 2.57. The number of thioether (sulfide) groups is 1. The van der Waals surface area contributed by atoms with Gasteiger partial charge in [0.1, 0.15) is 5.82 Å². The second kappa shape index (κ2) is 6.51. The molecule has 1 aromatic rings. The first-order valence-electron chi connectivity index (χ1n) is 5.19. The molecule has 0 spiro atoms. The summed E-state index contributed by atoms with van der Waals surface area (Å²) in [6.07, 6.45) is 0.946. The highest BCUT2D eigenvalue weighted by molar-refractivity contribution is 7.98. The summed E-state index contributed by atoms with van der Waals surface area (Å²) >= 11 is 1.68. The summed E-state index contributed by atoms with van der Waals surface area (Å²) in [7, 11) is 0. The smallest absolute Gasteiger partial charge is 0.124 e. The zero-order valence-corrected chi connectivity index (χ0v) is 10.1. The molecular formula is C12H15FN2S. The molecule has 1 unspecified atom stereocenters. The van der Waals surface area contributed by atoms with Crippen LogP contribution in [0.4, 0.5) is 4.39 Å². The third kappa shape index (κ3) is 3.84. The van der Waals surface area contributed by atoms with E-state index >= 15 is 0 Å². The van der Waals surface area contributed by atoms with Crippen LogP contribution in [0.2, 0.25) is 0 Å². The number of halogens is 1. The number of nitrogens with zero attached hydrogens (tertiary/aromatic N) is 1. The van der Waals surface area contributed by atoms with E-state index in [1.54, 1.807) is 17.8 Å². The maximum absolute atomic E-state index is 12.9. The molecule has 86 valence electrons. The largest absolute Gasteiger partial charge is 0.327 e. The van der Waals surface area contributed by atoms with Crippen LogP contribution in [0.1, 0.15) is 24.5 Å². The fraction of sp³-hybridized carbons (Fsp3) is 0.417. The van der Waals surface area contributed by atoms with Gasteiger partial charge in [-0.25, -0.2) is 4.39 Å². The quantitative estimate of drug-likeness (QED) is 0.858. The van der Waals surface area contributed by atoms with Crippen molar-refractivity contribution in [3.63, 3.8) is 0 Å². The monoisotopic (exact) mass is 238 g/mol. The van der Waals surface area contributed by atoms with E-state index in [2.05, 4.69) is 0 Å². The fourth-order valence-electron chi connectivity index (χ4n) is 1.22. The third-order valence-electron chi connectivity index (χ3n) is 2.31. The van der Waals surface area contributed by atoms with Crippen molar-refractivity contribution in [1.29, 1.82) is 5.26 Å². The first-order valence-corrected chi connectivity index (χ1v) is 6.34. The highest BCUT2D eigenvalue weighted by Crippen LogP contribution is 2.18. The minimum absolute atomic E-state index is 0.191. The molecule has 4 heteroatoms. The molecule has 0 bridgehead atoms. The molecule has 0 aliphatic rings. The lowest BCUT2D eigenvalue weighted by Gasteiger charge is -2.08. The van der Waals surface area contributed by atoms with Crippen LogP contribution in [0.25, 0.3) is 0 Å². The Morgan fingerprint density at radius 3 is 2.94 bits per heavy atom.